The van der Waals surface area contributed by atoms with Crippen molar-refractivity contribution in [2.45, 2.75) is 6.92 Å². The Hall–Kier alpha value is -4.79. The molecular formula is C25H23N5O4. The largest absolute Gasteiger partial charge is 0.464 e. The zero-order chi connectivity index (χ0) is 24.3. The minimum absolute atomic E-state index is 0.0679. The zero-order valence-corrected chi connectivity index (χ0v) is 18.6. The molecule has 0 aliphatic heterocycles. The van der Waals surface area contributed by atoms with Crippen LogP contribution < -0.4 is 16.0 Å². The SMILES string of the molecule is COC(=O)/C(=C/Nc1nccc(C)n1)NC(=O)/C(=C/c1ccccc1)NC(=O)c1ccccc1. The number of hydrogen-bond acceptors (Lipinski definition) is 7. The minimum atomic E-state index is -0.804. The van der Waals surface area contributed by atoms with Gasteiger partial charge in [0.1, 0.15) is 11.4 Å². The number of anilines is 1. The van der Waals surface area contributed by atoms with Gasteiger partial charge in [0.05, 0.1) is 7.11 Å². The number of benzene rings is 2. The average Bonchev–Trinajstić information content (AvgIpc) is 2.86. The molecule has 1 heterocycles. The van der Waals surface area contributed by atoms with Crippen LogP contribution in [0.2, 0.25) is 0 Å². The Bertz CT molecular complexity index is 1220. The molecule has 0 atom stereocenters. The highest BCUT2D eigenvalue weighted by Gasteiger charge is 2.19. The second-order valence-electron chi connectivity index (χ2n) is 6.96. The number of aryl methyl sites for hydroxylation is 1. The number of carbonyl (C=O) groups is 3. The Morgan fingerprint density at radius 3 is 2.21 bits per heavy atom. The van der Waals surface area contributed by atoms with E-state index >= 15 is 0 Å². The lowest BCUT2D eigenvalue weighted by atomic mass is 10.1. The zero-order valence-electron chi connectivity index (χ0n) is 18.6. The third-order valence-electron chi connectivity index (χ3n) is 4.43. The van der Waals surface area contributed by atoms with Gasteiger partial charge in [-0.15, -0.1) is 0 Å². The van der Waals surface area contributed by atoms with Crippen molar-refractivity contribution in [1.29, 1.82) is 0 Å². The van der Waals surface area contributed by atoms with Gasteiger partial charge in [-0.1, -0.05) is 48.5 Å². The summed E-state index contributed by atoms with van der Waals surface area (Å²) in [4.78, 5) is 46.3. The summed E-state index contributed by atoms with van der Waals surface area (Å²) in [5.74, 6) is -1.78. The van der Waals surface area contributed by atoms with E-state index in [1.165, 1.54) is 19.4 Å². The third kappa shape index (κ3) is 6.86. The molecule has 0 aliphatic rings. The number of aromatic nitrogens is 2. The van der Waals surface area contributed by atoms with E-state index in [4.69, 9.17) is 4.74 Å². The molecule has 2 aromatic carbocycles. The molecule has 0 spiro atoms. The fourth-order valence-corrected chi connectivity index (χ4v) is 2.76. The first-order valence-corrected chi connectivity index (χ1v) is 10.3. The van der Waals surface area contributed by atoms with Crippen LogP contribution in [0.25, 0.3) is 6.08 Å². The van der Waals surface area contributed by atoms with Crippen molar-refractivity contribution in [3.8, 4) is 0 Å². The Morgan fingerprint density at radius 1 is 0.882 bits per heavy atom. The van der Waals surface area contributed by atoms with E-state index in [-0.39, 0.29) is 17.3 Å². The molecule has 34 heavy (non-hydrogen) atoms. The molecule has 172 valence electrons. The number of hydrogen-bond donors (Lipinski definition) is 3. The van der Waals surface area contributed by atoms with Crippen LogP contribution in [0.4, 0.5) is 5.95 Å². The first kappa shape index (κ1) is 23.9. The Kier molecular flexibility index (Phi) is 8.23. The number of esters is 1. The van der Waals surface area contributed by atoms with Crippen LogP contribution in [0, 0.1) is 6.92 Å². The maximum atomic E-state index is 13.1. The molecule has 0 saturated heterocycles. The van der Waals surface area contributed by atoms with E-state index in [9.17, 15) is 14.4 Å². The molecular weight excluding hydrogens is 434 g/mol. The van der Waals surface area contributed by atoms with Crippen molar-refractivity contribution in [2.75, 3.05) is 12.4 Å². The van der Waals surface area contributed by atoms with Gasteiger partial charge in [-0.2, -0.15) is 0 Å². The Morgan fingerprint density at radius 2 is 1.56 bits per heavy atom. The second kappa shape index (κ2) is 11.7. The van der Waals surface area contributed by atoms with Gasteiger partial charge in [0.25, 0.3) is 11.8 Å². The first-order valence-electron chi connectivity index (χ1n) is 10.3. The van der Waals surface area contributed by atoms with Crippen LogP contribution in [0.3, 0.4) is 0 Å². The number of methoxy groups -OCH3 is 1. The molecule has 0 unspecified atom stereocenters. The summed E-state index contributed by atoms with van der Waals surface area (Å²) >= 11 is 0. The molecule has 0 bridgehead atoms. The molecule has 1 aromatic heterocycles. The van der Waals surface area contributed by atoms with Gasteiger partial charge in [-0.3, -0.25) is 9.59 Å². The lowest BCUT2D eigenvalue weighted by Gasteiger charge is -2.13. The molecule has 0 radical (unpaired) electrons. The molecule has 9 heteroatoms. The normalized spacial score (nSPS) is 11.4. The summed E-state index contributed by atoms with van der Waals surface area (Å²) in [5.41, 5.74) is 1.49. The predicted octanol–water partition coefficient (Wildman–Crippen LogP) is 2.80. The molecule has 3 aromatic rings. The van der Waals surface area contributed by atoms with E-state index in [0.717, 1.165) is 0 Å². The quantitative estimate of drug-likeness (QED) is 0.351. The van der Waals surface area contributed by atoms with Crippen molar-refractivity contribution < 1.29 is 19.1 Å². The summed E-state index contributed by atoms with van der Waals surface area (Å²) < 4.78 is 4.76. The van der Waals surface area contributed by atoms with E-state index in [1.807, 2.05) is 6.07 Å². The molecule has 2 amide bonds. The van der Waals surface area contributed by atoms with Crippen LogP contribution in [0.15, 0.2) is 90.5 Å². The monoisotopic (exact) mass is 457 g/mol. The maximum absolute atomic E-state index is 13.1. The molecule has 9 nitrogen and oxygen atoms in total. The smallest absolute Gasteiger partial charge is 0.356 e. The van der Waals surface area contributed by atoms with Crippen LogP contribution in [0.5, 0.6) is 0 Å². The van der Waals surface area contributed by atoms with Gasteiger partial charge in [0, 0.05) is 23.7 Å². The van der Waals surface area contributed by atoms with E-state index < -0.39 is 17.8 Å². The lowest BCUT2D eigenvalue weighted by molar-refractivity contribution is -0.137. The van der Waals surface area contributed by atoms with Crippen LogP contribution in [-0.4, -0.2) is 34.9 Å². The summed E-state index contributed by atoms with van der Waals surface area (Å²) in [6.45, 7) is 1.79. The highest BCUT2D eigenvalue weighted by atomic mass is 16.5. The predicted molar refractivity (Wildman–Crippen MR) is 127 cm³/mol. The number of amides is 2. The molecule has 3 rings (SSSR count). The Balaban J connectivity index is 1.87. The van der Waals surface area contributed by atoms with Gasteiger partial charge in [0.2, 0.25) is 5.95 Å². The third-order valence-corrected chi connectivity index (χ3v) is 4.43. The fraction of sp³-hybridized carbons (Fsp3) is 0.0800. The first-order chi connectivity index (χ1) is 16.5. The fourth-order valence-electron chi connectivity index (χ4n) is 2.76. The lowest BCUT2D eigenvalue weighted by Crippen LogP contribution is -2.36. The summed E-state index contributed by atoms with van der Waals surface area (Å²) in [6, 6.07) is 19.1. The number of ether oxygens (including phenoxy) is 1. The van der Waals surface area contributed by atoms with E-state index in [0.29, 0.717) is 16.8 Å². The van der Waals surface area contributed by atoms with Gasteiger partial charge < -0.3 is 20.7 Å². The van der Waals surface area contributed by atoms with Crippen LogP contribution in [0.1, 0.15) is 21.6 Å². The molecule has 0 saturated carbocycles. The molecule has 0 fully saturated rings. The maximum Gasteiger partial charge on any atom is 0.356 e. The van der Waals surface area contributed by atoms with Gasteiger partial charge in [-0.25, -0.2) is 14.8 Å². The number of rotatable bonds is 8. The second-order valence-corrected chi connectivity index (χ2v) is 6.96. The van der Waals surface area contributed by atoms with Crippen molar-refractivity contribution in [3.63, 3.8) is 0 Å². The standard InChI is InChI=1S/C25H23N5O4/c1-17-13-14-26-25(28-17)27-16-21(24(33)34-2)30-23(32)20(15-18-9-5-3-6-10-18)29-22(31)19-11-7-4-8-12-19/h3-16H,1-2H3,(H,29,31)(H,30,32)(H,26,27,28)/b20-15-,21-16-. The number of nitrogens with zero attached hydrogens (tertiary/aromatic N) is 2. The summed E-state index contributed by atoms with van der Waals surface area (Å²) in [6.07, 6.45) is 4.27. The van der Waals surface area contributed by atoms with Crippen LogP contribution in [-0.2, 0) is 14.3 Å². The van der Waals surface area contributed by atoms with Crippen molar-refractivity contribution in [1.82, 2.24) is 20.6 Å². The minimum Gasteiger partial charge on any atom is -0.464 e. The average molecular weight is 457 g/mol. The van der Waals surface area contributed by atoms with Crippen molar-refractivity contribution >= 4 is 29.8 Å². The molecule has 3 N–H and O–H groups in total. The van der Waals surface area contributed by atoms with Gasteiger partial charge >= 0.3 is 5.97 Å². The van der Waals surface area contributed by atoms with Crippen molar-refractivity contribution in [2.24, 2.45) is 0 Å². The topological polar surface area (TPSA) is 122 Å². The Labute approximate surface area is 196 Å². The highest BCUT2D eigenvalue weighted by Crippen LogP contribution is 2.09. The highest BCUT2D eigenvalue weighted by molar-refractivity contribution is 6.07. The summed E-state index contributed by atoms with van der Waals surface area (Å²) in [7, 11) is 1.18. The summed E-state index contributed by atoms with van der Waals surface area (Å²) in [5, 5.41) is 7.84. The van der Waals surface area contributed by atoms with Crippen LogP contribution >= 0.6 is 0 Å². The molecule has 0 aliphatic carbocycles. The van der Waals surface area contributed by atoms with E-state index in [2.05, 4.69) is 25.9 Å². The number of nitrogens with one attached hydrogen (secondary N) is 3. The van der Waals surface area contributed by atoms with Gasteiger partial charge in [0.15, 0.2) is 0 Å². The van der Waals surface area contributed by atoms with Crippen molar-refractivity contribution in [3.05, 3.63) is 107 Å². The number of carbonyl (C=O) groups excluding carboxylic acids is 3. The van der Waals surface area contributed by atoms with Gasteiger partial charge in [-0.05, 0) is 36.8 Å². The van der Waals surface area contributed by atoms with E-state index in [1.54, 1.807) is 73.8 Å².